The molecule has 0 bridgehead atoms. The standard InChI is InChI=1S/C26H23N3O6S/c1-16-21-23(36-22(16)26(33)35-13-12-17-8-4-3-5-9-17)27-15-29(24(21)31)14-20(30)28-19-11-7-6-10-18(19)25(32)34-2/h3-11,15H,12-14H2,1-2H3,(H,28,30). The van der Waals surface area contributed by atoms with Crippen molar-refractivity contribution in [2.45, 2.75) is 19.9 Å². The normalized spacial score (nSPS) is 10.7. The smallest absolute Gasteiger partial charge is 0.348 e. The van der Waals surface area contributed by atoms with Crippen LogP contribution in [0.2, 0.25) is 0 Å². The van der Waals surface area contributed by atoms with Gasteiger partial charge in [-0.25, -0.2) is 14.6 Å². The third-order valence-corrected chi connectivity index (χ3v) is 6.67. The number of carbonyl (C=O) groups excluding carboxylic acids is 3. The second-order valence-electron chi connectivity index (χ2n) is 7.87. The summed E-state index contributed by atoms with van der Waals surface area (Å²) in [4.78, 5) is 55.3. The quantitative estimate of drug-likeness (QED) is 0.364. The molecule has 2 heterocycles. The first-order valence-corrected chi connectivity index (χ1v) is 11.9. The molecule has 0 aliphatic rings. The second kappa shape index (κ2) is 11.0. The first kappa shape index (κ1) is 24.8. The summed E-state index contributed by atoms with van der Waals surface area (Å²) in [5, 5.41) is 2.89. The summed E-state index contributed by atoms with van der Waals surface area (Å²) in [7, 11) is 1.25. The number of hydrogen-bond acceptors (Lipinski definition) is 8. The van der Waals surface area contributed by atoms with Crippen LogP contribution in [-0.4, -0.2) is 41.1 Å². The van der Waals surface area contributed by atoms with Gasteiger partial charge in [-0.15, -0.1) is 11.3 Å². The van der Waals surface area contributed by atoms with E-state index in [0.717, 1.165) is 21.5 Å². The summed E-state index contributed by atoms with van der Waals surface area (Å²) in [6.07, 6.45) is 1.84. The predicted molar refractivity (Wildman–Crippen MR) is 135 cm³/mol. The topological polar surface area (TPSA) is 117 Å². The van der Waals surface area contributed by atoms with E-state index >= 15 is 0 Å². The lowest BCUT2D eigenvalue weighted by molar-refractivity contribution is -0.116. The zero-order chi connectivity index (χ0) is 25.7. The van der Waals surface area contributed by atoms with Crippen molar-refractivity contribution in [3.8, 4) is 0 Å². The van der Waals surface area contributed by atoms with Gasteiger partial charge in [0.1, 0.15) is 16.3 Å². The summed E-state index contributed by atoms with van der Waals surface area (Å²) in [5.74, 6) is -1.64. The van der Waals surface area contributed by atoms with Gasteiger partial charge < -0.3 is 14.8 Å². The average Bonchev–Trinajstić information content (AvgIpc) is 3.23. The maximum atomic E-state index is 13.1. The number of para-hydroxylation sites is 1. The Morgan fingerprint density at radius 2 is 1.75 bits per heavy atom. The maximum absolute atomic E-state index is 13.1. The van der Waals surface area contributed by atoms with E-state index in [9.17, 15) is 19.2 Å². The maximum Gasteiger partial charge on any atom is 0.348 e. The van der Waals surface area contributed by atoms with Gasteiger partial charge in [-0.3, -0.25) is 14.2 Å². The van der Waals surface area contributed by atoms with Crippen LogP contribution in [0.15, 0.2) is 65.7 Å². The minimum atomic E-state index is -0.594. The van der Waals surface area contributed by atoms with Crippen LogP contribution in [0, 0.1) is 6.92 Å². The lowest BCUT2D eigenvalue weighted by atomic mass is 10.2. The Bertz CT molecular complexity index is 1490. The Hall–Kier alpha value is -4.31. The highest BCUT2D eigenvalue weighted by atomic mass is 32.1. The molecule has 2 aromatic heterocycles. The van der Waals surface area contributed by atoms with Crippen LogP contribution in [0.3, 0.4) is 0 Å². The number of amides is 1. The molecular weight excluding hydrogens is 482 g/mol. The molecule has 0 saturated heterocycles. The molecule has 0 aliphatic heterocycles. The molecule has 0 spiro atoms. The van der Waals surface area contributed by atoms with Crippen molar-refractivity contribution >= 4 is 45.1 Å². The van der Waals surface area contributed by atoms with E-state index in [-0.39, 0.29) is 29.8 Å². The minimum Gasteiger partial charge on any atom is -0.465 e. The van der Waals surface area contributed by atoms with Crippen LogP contribution in [-0.2, 0) is 27.2 Å². The Morgan fingerprint density at radius 3 is 2.50 bits per heavy atom. The third kappa shape index (κ3) is 5.33. The van der Waals surface area contributed by atoms with Gasteiger partial charge >= 0.3 is 11.9 Å². The van der Waals surface area contributed by atoms with Crippen LogP contribution < -0.4 is 10.9 Å². The molecule has 2 aromatic carbocycles. The van der Waals surface area contributed by atoms with E-state index < -0.39 is 23.4 Å². The zero-order valence-electron chi connectivity index (χ0n) is 19.6. The molecule has 0 saturated carbocycles. The number of thiophene rings is 1. The van der Waals surface area contributed by atoms with Crippen molar-refractivity contribution < 1.29 is 23.9 Å². The van der Waals surface area contributed by atoms with Gasteiger partial charge in [0, 0.05) is 6.42 Å². The van der Waals surface area contributed by atoms with Crippen LogP contribution in [0.5, 0.6) is 0 Å². The number of esters is 2. The van der Waals surface area contributed by atoms with E-state index in [0.29, 0.717) is 21.7 Å². The molecule has 36 heavy (non-hydrogen) atoms. The lowest BCUT2D eigenvalue weighted by Crippen LogP contribution is -2.28. The summed E-state index contributed by atoms with van der Waals surface area (Å²) >= 11 is 1.08. The fourth-order valence-corrected chi connectivity index (χ4v) is 4.70. The van der Waals surface area contributed by atoms with Crippen LogP contribution in [0.4, 0.5) is 5.69 Å². The molecule has 0 radical (unpaired) electrons. The van der Waals surface area contributed by atoms with Gasteiger partial charge in [-0.05, 0) is 30.2 Å². The number of aryl methyl sites for hydroxylation is 1. The number of ether oxygens (including phenoxy) is 2. The Morgan fingerprint density at radius 1 is 1.03 bits per heavy atom. The lowest BCUT2D eigenvalue weighted by Gasteiger charge is -2.10. The SMILES string of the molecule is COC(=O)c1ccccc1NC(=O)Cn1cnc2sc(C(=O)OCCc3ccccc3)c(C)c2c1=O. The summed E-state index contributed by atoms with van der Waals surface area (Å²) in [6.45, 7) is 1.54. The number of carbonyl (C=O) groups is 3. The van der Waals surface area contributed by atoms with E-state index in [1.165, 1.54) is 19.5 Å². The van der Waals surface area contributed by atoms with Gasteiger partial charge in [0.15, 0.2) is 0 Å². The second-order valence-corrected chi connectivity index (χ2v) is 8.87. The molecule has 0 atom stereocenters. The fourth-order valence-electron chi connectivity index (χ4n) is 3.66. The number of nitrogens with zero attached hydrogens (tertiary/aromatic N) is 2. The van der Waals surface area contributed by atoms with Crippen molar-refractivity contribution in [2.75, 3.05) is 19.0 Å². The number of aromatic nitrogens is 2. The molecule has 0 aliphatic carbocycles. The van der Waals surface area contributed by atoms with Crippen molar-refractivity contribution in [3.63, 3.8) is 0 Å². The molecule has 1 amide bonds. The molecule has 9 nitrogen and oxygen atoms in total. The molecule has 0 fully saturated rings. The number of anilines is 1. The van der Waals surface area contributed by atoms with Crippen molar-refractivity contribution in [3.05, 3.63) is 92.8 Å². The highest BCUT2D eigenvalue weighted by molar-refractivity contribution is 7.20. The largest absolute Gasteiger partial charge is 0.465 e. The van der Waals surface area contributed by atoms with E-state index in [4.69, 9.17) is 9.47 Å². The Kier molecular flexibility index (Phi) is 7.55. The average molecular weight is 506 g/mol. The van der Waals surface area contributed by atoms with E-state index in [1.54, 1.807) is 25.1 Å². The Labute approximate surface area is 210 Å². The summed E-state index contributed by atoms with van der Waals surface area (Å²) in [5.41, 5.74) is 1.52. The molecule has 0 unspecified atom stereocenters. The van der Waals surface area contributed by atoms with Gasteiger partial charge in [0.2, 0.25) is 5.91 Å². The highest BCUT2D eigenvalue weighted by Crippen LogP contribution is 2.27. The molecule has 184 valence electrons. The first-order valence-electron chi connectivity index (χ1n) is 11.1. The fraction of sp³-hybridized carbons (Fsp3) is 0.192. The van der Waals surface area contributed by atoms with E-state index in [1.807, 2.05) is 30.3 Å². The van der Waals surface area contributed by atoms with Crippen molar-refractivity contribution in [2.24, 2.45) is 0 Å². The van der Waals surface area contributed by atoms with Gasteiger partial charge in [-0.1, -0.05) is 42.5 Å². The molecule has 4 rings (SSSR count). The first-order chi connectivity index (χ1) is 17.4. The van der Waals surface area contributed by atoms with Crippen LogP contribution >= 0.6 is 11.3 Å². The van der Waals surface area contributed by atoms with Crippen LogP contribution in [0.25, 0.3) is 10.2 Å². The number of nitrogens with one attached hydrogen (secondary N) is 1. The molecule has 10 heteroatoms. The number of rotatable bonds is 8. The highest BCUT2D eigenvalue weighted by Gasteiger charge is 2.21. The minimum absolute atomic E-state index is 0.193. The molecule has 4 aromatic rings. The summed E-state index contributed by atoms with van der Waals surface area (Å²) < 4.78 is 11.3. The number of hydrogen-bond donors (Lipinski definition) is 1. The van der Waals surface area contributed by atoms with E-state index in [2.05, 4.69) is 10.3 Å². The molecular formula is C26H23N3O6S. The zero-order valence-corrected chi connectivity index (χ0v) is 20.5. The third-order valence-electron chi connectivity index (χ3n) is 5.49. The monoisotopic (exact) mass is 505 g/mol. The number of fused-ring (bicyclic) bond motifs is 1. The summed E-state index contributed by atoms with van der Waals surface area (Å²) in [6, 6.07) is 16.1. The number of methoxy groups -OCH3 is 1. The van der Waals surface area contributed by atoms with Gasteiger partial charge in [0.05, 0.1) is 36.7 Å². The van der Waals surface area contributed by atoms with Crippen molar-refractivity contribution in [1.82, 2.24) is 9.55 Å². The van der Waals surface area contributed by atoms with Gasteiger partial charge in [0.25, 0.3) is 5.56 Å². The number of benzene rings is 2. The molecule has 1 N–H and O–H groups in total. The Balaban J connectivity index is 1.49. The predicted octanol–water partition coefficient (Wildman–Crippen LogP) is 3.59. The van der Waals surface area contributed by atoms with Gasteiger partial charge in [-0.2, -0.15) is 0 Å². The van der Waals surface area contributed by atoms with Crippen LogP contribution in [0.1, 0.15) is 31.2 Å². The van der Waals surface area contributed by atoms with Crippen molar-refractivity contribution in [1.29, 1.82) is 0 Å².